The molecule has 0 spiro atoms. The van der Waals surface area contributed by atoms with Crippen molar-refractivity contribution in [2.45, 2.75) is 32.5 Å². The van der Waals surface area contributed by atoms with Crippen molar-refractivity contribution in [2.24, 2.45) is 0 Å². The maximum atomic E-state index is 5.22. The molecule has 7 nitrogen and oxygen atoms in total. The van der Waals surface area contributed by atoms with E-state index in [9.17, 15) is 0 Å². The molecule has 3 rings (SSSR count). The molecule has 2 atom stereocenters. The average molecular weight is 287 g/mol. The quantitative estimate of drug-likeness (QED) is 0.749. The fourth-order valence-corrected chi connectivity index (χ4v) is 2.01. The van der Waals surface area contributed by atoms with Crippen molar-refractivity contribution in [3.8, 4) is 11.4 Å². The van der Waals surface area contributed by atoms with Gasteiger partial charge in [0.05, 0.1) is 24.4 Å². The second kappa shape index (κ2) is 5.92. The maximum absolute atomic E-state index is 5.22. The third-order valence-electron chi connectivity index (χ3n) is 3.49. The highest BCUT2D eigenvalue weighted by Gasteiger charge is 2.15. The van der Waals surface area contributed by atoms with Crippen LogP contribution in [0.2, 0.25) is 0 Å². The zero-order valence-corrected chi connectivity index (χ0v) is 11.9. The summed E-state index contributed by atoms with van der Waals surface area (Å²) in [5, 5.41) is 11.5. The van der Waals surface area contributed by atoms with Crippen LogP contribution < -0.4 is 5.32 Å². The molecule has 3 aromatic rings. The van der Waals surface area contributed by atoms with Crippen molar-refractivity contribution in [3.63, 3.8) is 0 Å². The molecule has 0 aliphatic rings. The Hall–Kier alpha value is -2.41. The lowest BCUT2D eigenvalue weighted by Crippen LogP contribution is -2.33. The van der Waals surface area contributed by atoms with Crippen LogP contribution in [0.3, 0.4) is 0 Å². The summed E-state index contributed by atoms with van der Waals surface area (Å²) in [4.78, 5) is 4.32. The van der Waals surface area contributed by atoms with E-state index in [-0.39, 0.29) is 12.1 Å². The summed E-state index contributed by atoms with van der Waals surface area (Å²) in [6, 6.07) is 4.16. The van der Waals surface area contributed by atoms with E-state index in [0.29, 0.717) is 18.3 Å². The lowest BCUT2D eigenvalue weighted by molar-refractivity contribution is 0.325. The topological polar surface area (TPSA) is 81.9 Å². The zero-order chi connectivity index (χ0) is 14.7. The van der Waals surface area contributed by atoms with Crippen LogP contribution in [0.4, 0.5) is 0 Å². The second-order valence-electron chi connectivity index (χ2n) is 4.92. The molecule has 21 heavy (non-hydrogen) atoms. The van der Waals surface area contributed by atoms with E-state index in [0.717, 1.165) is 5.56 Å². The first-order chi connectivity index (χ1) is 10.2. The van der Waals surface area contributed by atoms with Gasteiger partial charge in [0.15, 0.2) is 0 Å². The zero-order valence-electron chi connectivity index (χ0n) is 11.9. The molecule has 0 fully saturated rings. The number of rotatable bonds is 6. The third kappa shape index (κ3) is 3.03. The summed E-state index contributed by atoms with van der Waals surface area (Å²) in [6.07, 6.45) is 6.90. The first-order valence-electron chi connectivity index (χ1n) is 6.81. The Morgan fingerprint density at radius 3 is 3.00 bits per heavy atom. The van der Waals surface area contributed by atoms with Gasteiger partial charge < -0.3 is 14.3 Å². The van der Waals surface area contributed by atoms with E-state index in [1.165, 1.54) is 0 Å². The van der Waals surface area contributed by atoms with Gasteiger partial charge in [-0.2, -0.15) is 10.1 Å². The SMILES string of the molecule is CC(NCc1nc(-c2ccoc2)no1)C(C)n1cccn1. The summed E-state index contributed by atoms with van der Waals surface area (Å²) in [6.45, 7) is 4.71. The molecule has 3 aromatic heterocycles. The van der Waals surface area contributed by atoms with Crippen LogP contribution in [0.1, 0.15) is 25.8 Å². The highest BCUT2D eigenvalue weighted by atomic mass is 16.5. The van der Waals surface area contributed by atoms with Gasteiger partial charge in [-0.25, -0.2) is 0 Å². The van der Waals surface area contributed by atoms with Crippen LogP contribution in [-0.2, 0) is 6.54 Å². The molecule has 3 heterocycles. The number of nitrogens with zero attached hydrogens (tertiary/aromatic N) is 4. The fraction of sp³-hybridized carbons (Fsp3) is 0.357. The normalized spacial score (nSPS) is 14.2. The molecule has 1 N–H and O–H groups in total. The Kier molecular flexibility index (Phi) is 3.83. The third-order valence-corrected chi connectivity index (χ3v) is 3.49. The summed E-state index contributed by atoms with van der Waals surface area (Å²) in [7, 11) is 0. The van der Waals surface area contributed by atoms with Crippen molar-refractivity contribution in [2.75, 3.05) is 0 Å². The Bertz CT molecular complexity index is 659. The van der Waals surface area contributed by atoms with Gasteiger partial charge in [-0.3, -0.25) is 4.68 Å². The predicted octanol–water partition coefficient (Wildman–Crippen LogP) is 2.27. The van der Waals surface area contributed by atoms with Crippen molar-refractivity contribution < 1.29 is 8.94 Å². The molecule has 0 radical (unpaired) electrons. The van der Waals surface area contributed by atoms with Gasteiger partial charge in [0.2, 0.25) is 11.7 Å². The van der Waals surface area contributed by atoms with Gasteiger partial charge in [0, 0.05) is 18.4 Å². The number of nitrogens with one attached hydrogen (secondary N) is 1. The van der Waals surface area contributed by atoms with E-state index in [1.807, 2.05) is 16.9 Å². The summed E-state index contributed by atoms with van der Waals surface area (Å²) >= 11 is 0. The molecule has 0 aromatic carbocycles. The highest BCUT2D eigenvalue weighted by Crippen LogP contribution is 2.16. The number of hydrogen-bond donors (Lipinski definition) is 1. The van der Waals surface area contributed by atoms with Gasteiger partial charge >= 0.3 is 0 Å². The minimum absolute atomic E-state index is 0.217. The molecule has 0 saturated heterocycles. The Balaban J connectivity index is 1.58. The molecule has 7 heteroatoms. The molecule has 110 valence electrons. The minimum atomic E-state index is 0.217. The highest BCUT2D eigenvalue weighted by molar-refractivity contribution is 5.51. The molecule has 0 amide bonds. The first kappa shape index (κ1) is 13.6. The molecule has 2 unspecified atom stereocenters. The molecular formula is C14H17N5O2. The lowest BCUT2D eigenvalue weighted by atomic mass is 10.2. The van der Waals surface area contributed by atoms with Gasteiger partial charge in [-0.15, -0.1) is 0 Å². The molecule has 0 saturated carbocycles. The largest absolute Gasteiger partial charge is 0.472 e. The van der Waals surface area contributed by atoms with E-state index >= 15 is 0 Å². The number of furan rings is 1. The lowest BCUT2D eigenvalue weighted by Gasteiger charge is -2.20. The van der Waals surface area contributed by atoms with Crippen LogP contribution in [0, 0.1) is 0 Å². The van der Waals surface area contributed by atoms with E-state index in [1.54, 1.807) is 24.8 Å². The Labute approximate surface area is 122 Å². The van der Waals surface area contributed by atoms with Crippen molar-refractivity contribution in [3.05, 3.63) is 42.9 Å². The van der Waals surface area contributed by atoms with Crippen molar-refractivity contribution in [1.82, 2.24) is 25.2 Å². The number of hydrogen-bond acceptors (Lipinski definition) is 6. The van der Waals surface area contributed by atoms with Gasteiger partial charge in [-0.1, -0.05) is 5.16 Å². The van der Waals surface area contributed by atoms with Crippen LogP contribution >= 0.6 is 0 Å². The first-order valence-corrected chi connectivity index (χ1v) is 6.81. The van der Waals surface area contributed by atoms with Crippen molar-refractivity contribution >= 4 is 0 Å². The monoisotopic (exact) mass is 287 g/mol. The molecule has 0 aliphatic carbocycles. The van der Waals surface area contributed by atoms with Crippen LogP contribution in [0.25, 0.3) is 11.4 Å². The molecule has 0 bridgehead atoms. The second-order valence-corrected chi connectivity index (χ2v) is 4.92. The smallest absolute Gasteiger partial charge is 0.240 e. The predicted molar refractivity (Wildman–Crippen MR) is 75.2 cm³/mol. The summed E-state index contributed by atoms with van der Waals surface area (Å²) in [5.41, 5.74) is 0.808. The van der Waals surface area contributed by atoms with Gasteiger partial charge in [-0.05, 0) is 26.0 Å². The van der Waals surface area contributed by atoms with Crippen LogP contribution in [-0.4, -0.2) is 26.0 Å². The van der Waals surface area contributed by atoms with Gasteiger partial charge in [0.25, 0.3) is 0 Å². The molecular weight excluding hydrogens is 270 g/mol. The van der Waals surface area contributed by atoms with E-state index < -0.39 is 0 Å². The maximum Gasteiger partial charge on any atom is 0.240 e. The van der Waals surface area contributed by atoms with E-state index in [2.05, 4.69) is 34.4 Å². The summed E-state index contributed by atoms with van der Waals surface area (Å²) in [5.74, 6) is 1.08. The minimum Gasteiger partial charge on any atom is -0.472 e. The van der Waals surface area contributed by atoms with E-state index in [4.69, 9.17) is 8.94 Å². The fourth-order valence-electron chi connectivity index (χ4n) is 2.01. The number of aromatic nitrogens is 4. The van der Waals surface area contributed by atoms with Crippen LogP contribution in [0.15, 0.2) is 46.0 Å². The van der Waals surface area contributed by atoms with Crippen molar-refractivity contribution in [1.29, 1.82) is 0 Å². The average Bonchev–Trinajstić information content (AvgIpc) is 3.25. The Morgan fingerprint density at radius 1 is 1.38 bits per heavy atom. The summed E-state index contributed by atoms with van der Waals surface area (Å²) < 4.78 is 12.1. The molecule has 0 aliphatic heterocycles. The van der Waals surface area contributed by atoms with Gasteiger partial charge in [0.1, 0.15) is 6.26 Å². The Morgan fingerprint density at radius 2 is 2.29 bits per heavy atom. The van der Waals surface area contributed by atoms with Crippen LogP contribution in [0.5, 0.6) is 0 Å². The standard InChI is InChI=1S/C14H17N5O2/c1-10(11(2)19-6-3-5-16-19)15-8-13-17-14(18-21-13)12-4-7-20-9-12/h3-7,9-11,15H,8H2,1-2H3.